The van der Waals surface area contributed by atoms with Crippen molar-refractivity contribution in [1.82, 2.24) is 0 Å². The predicted molar refractivity (Wildman–Crippen MR) is 50.9 cm³/mol. The van der Waals surface area contributed by atoms with Gasteiger partial charge in [0.15, 0.2) is 11.6 Å². The van der Waals surface area contributed by atoms with Crippen molar-refractivity contribution in [2.45, 2.75) is 18.0 Å². The maximum Gasteiger partial charge on any atom is 0.460 e. The van der Waals surface area contributed by atoms with Crippen LogP contribution in [0.15, 0.2) is 18.2 Å². The summed E-state index contributed by atoms with van der Waals surface area (Å²) in [6.07, 6.45) is -6.68. The van der Waals surface area contributed by atoms with Crippen molar-refractivity contribution in [1.29, 1.82) is 0 Å². The average Bonchev–Trinajstić information content (AvgIpc) is 2.32. The van der Waals surface area contributed by atoms with Gasteiger partial charge in [0.2, 0.25) is 0 Å². The fourth-order valence-electron chi connectivity index (χ4n) is 1.10. The molecule has 0 saturated heterocycles. The van der Waals surface area contributed by atoms with Gasteiger partial charge in [0.1, 0.15) is 0 Å². The molecule has 11 heteroatoms. The summed E-state index contributed by atoms with van der Waals surface area (Å²) >= 11 is 0. The number of nitrogens with one attached hydrogen (secondary N) is 1. The van der Waals surface area contributed by atoms with Gasteiger partial charge in [0.05, 0.1) is 0 Å². The second kappa shape index (κ2) is 5.11. The lowest BCUT2D eigenvalue weighted by Gasteiger charge is -2.27. The zero-order valence-corrected chi connectivity index (χ0v) is 9.54. The summed E-state index contributed by atoms with van der Waals surface area (Å²) in [6, 6.07) is 0.984. The summed E-state index contributed by atoms with van der Waals surface area (Å²) in [5.74, 6) is -18.9. The fourth-order valence-corrected chi connectivity index (χ4v) is 1.10. The van der Waals surface area contributed by atoms with E-state index in [1.54, 1.807) is 0 Å². The van der Waals surface area contributed by atoms with E-state index in [0.717, 1.165) is 5.32 Å². The molecule has 0 radical (unpaired) electrons. The van der Waals surface area contributed by atoms with Crippen LogP contribution < -0.4 is 5.32 Å². The van der Waals surface area contributed by atoms with E-state index in [4.69, 9.17) is 0 Å². The molecular weight excluding hydrogens is 321 g/mol. The SMILES string of the molecule is O=C(Nc1ccc(F)c(F)c1)C(F)(F)C(F)(F)C(F)(F)F. The van der Waals surface area contributed by atoms with E-state index in [9.17, 15) is 44.3 Å². The number of rotatable bonds is 3. The third-order valence-electron chi connectivity index (χ3n) is 2.21. The van der Waals surface area contributed by atoms with E-state index in [0.29, 0.717) is 12.1 Å². The Hall–Kier alpha value is -1.94. The lowest BCUT2D eigenvalue weighted by atomic mass is 10.1. The molecule has 1 N–H and O–H groups in total. The maximum absolute atomic E-state index is 12.9. The van der Waals surface area contributed by atoms with E-state index in [1.807, 2.05) is 0 Å². The van der Waals surface area contributed by atoms with Crippen LogP contribution in [0.2, 0.25) is 0 Å². The molecule has 0 saturated carbocycles. The molecule has 1 aromatic carbocycles. The van der Waals surface area contributed by atoms with E-state index in [2.05, 4.69) is 0 Å². The first-order valence-corrected chi connectivity index (χ1v) is 4.89. The molecule has 0 aliphatic carbocycles. The van der Waals surface area contributed by atoms with Crippen molar-refractivity contribution in [3.63, 3.8) is 0 Å². The highest BCUT2D eigenvalue weighted by Crippen LogP contribution is 2.46. The number of carbonyl (C=O) groups is 1. The molecule has 0 aliphatic rings. The molecule has 1 rings (SSSR count). The number of hydrogen-bond donors (Lipinski definition) is 1. The van der Waals surface area contributed by atoms with Crippen LogP contribution >= 0.6 is 0 Å². The number of hydrogen-bond acceptors (Lipinski definition) is 1. The molecule has 0 heterocycles. The summed E-state index contributed by atoms with van der Waals surface area (Å²) < 4.78 is 112. The minimum Gasteiger partial charge on any atom is -0.321 e. The molecule has 0 atom stereocenters. The van der Waals surface area contributed by atoms with Gasteiger partial charge in [0, 0.05) is 11.8 Å². The van der Waals surface area contributed by atoms with Crippen molar-refractivity contribution in [2.24, 2.45) is 0 Å². The number of amides is 1. The predicted octanol–water partition coefficient (Wildman–Crippen LogP) is 3.74. The van der Waals surface area contributed by atoms with Gasteiger partial charge in [0.25, 0.3) is 0 Å². The summed E-state index contributed by atoms with van der Waals surface area (Å²) in [4.78, 5) is 10.9. The van der Waals surface area contributed by atoms with Crippen LogP contribution in [-0.2, 0) is 4.79 Å². The number of halogens is 9. The Kier molecular flexibility index (Phi) is 4.17. The van der Waals surface area contributed by atoms with Crippen LogP contribution in [0.4, 0.5) is 45.2 Å². The summed E-state index contributed by atoms with van der Waals surface area (Å²) in [5.41, 5.74) is -0.920. The van der Waals surface area contributed by atoms with Crippen molar-refractivity contribution in [3.8, 4) is 0 Å². The van der Waals surface area contributed by atoms with Crippen molar-refractivity contribution >= 4 is 11.6 Å². The molecule has 0 fully saturated rings. The van der Waals surface area contributed by atoms with Crippen LogP contribution in [0, 0.1) is 11.6 Å². The van der Waals surface area contributed by atoms with Gasteiger partial charge in [-0.1, -0.05) is 0 Å². The molecule has 2 nitrogen and oxygen atoms in total. The molecule has 0 spiro atoms. The minimum atomic E-state index is -6.68. The summed E-state index contributed by atoms with van der Waals surface area (Å²) in [6.45, 7) is 0. The normalized spacial score (nSPS) is 13.2. The monoisotopic (exact) mass is 325 g/mol. The third-order valence-corrected chi connectivity index (χ3v) is 2.21. The standard InChI is InChI=1S/C10H4F9NO/c11-5-2-1-4(3-6(5)12)20-7(21)8(13,14)9(15,16)10(17,18)19/h1-3H,(H,20,21). The van der Waals surface area contributed by atoms with E-state index < -0.39 is 41.3 Å². The van der Waals surface area contributed by atoms with E-state index in [-0.39, 0.29) is 6.07 Å². The van der Waals surface area contributed by atoms with Gasteiger partial charge >= 0.3 is 23.9 Å². The van der Waals surface area contributed by atoms with Gasteiger partial charge in [-0.15, -0.1) is 0 Å². The van der Waals surface area contributed by atoms with Crippen LogP contribution in [0.5, 0.6) is 0 Å². The molecular formula is C10H4F9NO. The van der Waals surface area contributed by atoms with Crippen LogP contribution in [-0.4, -0.2) is 23.9 Å². The van der Waals surface area contributed by atoms with Gasteiger partial charge in [-0.05, 0) is 12.1 Å². The maximum atomic E-state index is 12.9. The molecule has 1 amide bonds. The molecule has 0 unspecified atom stereocenters. The van der Waals surface area contributed by atoms with E-state index in [1.165, 1.54) is 0 Å². The first-order valence-electron chi connectivity index (χ1n) is 4.89. The Bertz CT molecular complexity index is 552. The third kappa shape index (κ3) is 3.05. The smallest absolute Gasteiger partial charge is 0.321 e. The Morgan fingerprint density at radius 3 is 1.86 bits per heavy atom. The molecule has 0 aliphatic heterocycles. The zero-order chi connectivity index (χ0) is 16.6. The van der Waals surface area contributed by atoms with Crippen LogP contribution in [0.1, 0.15) is 0 Å². The minimum absolute atomic E-state index is 0.134. The topological polar surface area (TPSA) is 29.1 Å². The number of carbonyl (C=O) groups excluding carboxylic acids is 1. The Morgan fingerprint density at radius 2 is 1.43 bits per heavy atom. The first kappa shape index (κ1) is 17.1. The van der Waals surface area contributed by atoms with Crippen LogP contribution in [0.25, 0.3) is 0 Å². The quantitative estimate of drug-likeness (QED) is 0.843. The molecule has 0 bridgehead atoms. The van der Waals surface area contributed by atoms with Crippen molar-refractivity contribution < 1.29 is 44.3 Å². The number of alkyl halides is 7. The van der Waals surface area contributed by atoms with E-state index >= 15 is 0 Å². The second-order valence-corrected chi connectivity index (χ2v) is 3.73. The van der Waals surface area contributed by atoms with Gasteiger partial charge in [-0.25, -0.2) is 8.78 Å². The summed E-state index contributed by atoms with van der Waals surface area (Å²) in [7, 11) is 0. The van der Waals surface area contributed by atoms with Crippen molar-refractivity contribution in [3.05, 3.63) is 29.8 Å². The zero-order valence-electron chi connectivity index (χ0n) is 9.54. The second-order valence-electron chi connectivity index (χ2n) is 3.73. The lowest BCUT2D eigenvalue weighted by molar-refractivity contribution is -0.343. The fraction of sp³-hybridized carbons (Fsp3) is 0.300. The molecule has 21 heavy (non-hydrogen) atoms. The Morgan fingerprint density at radius 1 is 0.905 bits per heavy atom. The van der Waals surface area contributed by atoms with Gasteiger partial charge in [-0.3, -0.25) is 4.79 Å². The highest BCUT2D eigenvalue weighted by atomic mass is 19.4. The number of benzene rings is 1. The molecule has 118 valence electrons. The first-order chi connectivity index (χ1) is 9.30. The van der Waals surface area contributed by atoms with Gasteiger partial charge in [-0.2, -0.15) is 30.7 Å². The number of anilines is 1. The highest BCUT2D eigenvalue weighted by Gasteiger charge is 2.76. The highest BCUT2D eigenvalue weighted by molar-refractivity contribution is 5.97. The average molecular weight is 325 g/mol. The van der Waals surface area contributed by atoms with Crippen LogP contribution in [0.3, 0.4) is 0 Å². The largest absolute Gasteiger partial charge is 0.460 e. The van der Waals surface area contributed by atoms with Crippen molar-refractivity contribution in [2.75, 3.05) is 5.32 Å². The lowest BCUT2D eigenvalue weighted by Crippen LogP contribution is -2.57. The Balaban J connectivity index is 3.04. The summed E-state index contributed by atoms with van der Waals surface area (Å²) in [5, 5.41) is 0.953. The molecule has 1 aromatic rings. The molecule has 0 aromatic heterocycles. The Labute approximate surface area is 110 Å². The van der Waals surface area contributed by atoms with Gasteiger partial charge < -0.3 is 5.32 Å².